The van der Waals surface area contributed by atoms with E-state index in [4.69, 9.17) is 5.11 Å². The molecule has 2 rings (SSSR count). The van der Waals surface area contributed by atoms with Crippen LogP contribution in [-0.2, 0) is 9.59 Å². The second-order valence-electron chi connectivity index (χ2n) is 5.46. The highest BCUT2D eigenvalue weighted by atomic mass is 19.4. The van der Waals surface area contributed by atoms with Gasteiger partial charge in [0, 0.05) is 11.6 Å². The van der Waals surface area contributed by atoms with Crippen molar-refractivity contribution in [1.82, 2.24) is 0 Å². The zero-order valence-corrected chi connectivity index (χ0v) is 12.1. The number of carboxylic acid groups (broad SMARTS) is 1. The molecule has 1 amide bonds. The minimum atomic E-state index is -4.77. The van der Waals surface area contributed by atoms with Crippen molar-refractivity contribution < 1.29 is 32.6 Å². The number of rotatable bonds is 4. The zero-order valence-electron chi connectivity index (χ0n) is 12.1. The Kier molecular flexibility index (Phi) is 5.12. The number of carbonyl (C=O) groups is 2. The summed E-state index contributed by atoms with van der Waals surface area (Å²) in [6, 6.07) is 4.81. The molecule has 126 valence electrons. The van der Waals surface area contributed by atoms with Gasteiger partial charge in [-0.25, -0.2) is 0 Å². The highest BCUT2D eigenvalue weighted by Crippen LogP contribution is 2.30. The number of benzene rings is 1. The normalized spacial score (nSPS) is 21.5. The molecule has 1 fully saturated rings. The molecule has 1 aliphatic carbocycles. The summed E-state index contributed by atoms with van der Waals surface area (Å²) in [5.74, 6) is -2.53. The Bertz CT molecular complexity index is 571. The van der Waals surface area contributed by atoms with Crippen molar-refractivity contribution in [2.45, 2.75) is 32.0 Å². The molecule has 1 aromatic rings. The molecule has 0 radical (unpaired) electrons. The zero-order chi connectivity index (χ0) is 17.0. The fourth-order valence-electron chi connectivity index (χ4n) is 2.64. The van der Waals surface area contributed by atoms with Crippen LogP contribution in [0.15, 0.2) is 24.3 Å². The Morgan fingerprint density at radius 1 is 1.13 bits per heavy atom. The molecule has 2 unspecified atom stereocenters. The van der Waals surface area contributed by atoms with Crippen molar-refractivity contribution in [3.8, 4) is 5.75 Å². The second-order valence-corrected chi connectivity index (χ2v) is 5.46. The predicted molar refractivity (Wildman–Crippen MR) is 74.8 cm³/mol. The van der Waals surface area contributed by atoms with E-state index in [1.54, 1.807) is 0 Å². The maximum Gasteiger partial charge on any atom is 0.573 e. The first kappa shape index (κ1) is 17.1. The number of amides is 1. The van der Waals surface area contributed by atoms with Gasteiger partial charge in [0.15, 0.2) is 0 Å². The molecule has 0 heterocycles. The minimum absolute atomic E-state index is 0.274. The van der Waals surface area contributed by atoms with Crippen molar-refractivity contribution >= 4 is 17.6 Å². The van der Waals surface area contributed by atoms with Crippen molar-refractivity contribution in [3.63, 3.8) is 0 Å². The molecule has 1 aromatic carbocycles. The summed E-state index contributed by atoms with van der Waals surface area (Å²) in [4.78, 5) is 23.1. The van der Waals surface area contributed by atoms with Crippen molar-refractivity contribution in [1.29, 1.82) is 0 Å². The first-order valence-corrected chi connectivity index (χ1v) is 7.14. The van der Waals surface area contributed by atoms with Crippen LogP contribution in [0.5, 0.6) is 5.75 Å². The van der Waals surface area contributed by atoms with Crippen molar-refractivity contribution in [3.05, 3.63) is 24.3 Å². The van der Waals surface area contributed by atoms with Crippen LogP contribution >= 0.6 is 0 Å². The number of carboxylic acids is 1. The van der Waals surface area contributed by atoms with E-state index in [0.717, 1.165) is 12.1 Å². The van der Waals surface area contributed by atoms with Gasteiger partial charge in [0.2, 0.25) is 5.91 Å². The van der Waals surface area contributed by atoms with Crippen LogP contribution in [0.25, 0.3) is 0 Å². The quantitative estimate of drug-likeness (QED) is 0.886. The second kappa shape index (κ2) is 6.89. The third kappa shape index (κ3) is 5.15. The highest BCUT2D eigenvalue weighted by Gasteiger charge is 2.32. The average Bonchev–Trinajstić information content (AvgIpc) is 2.48. The molecule has 2 atom stereocenters. The summed E-state index contributed by atoms with van der Waals surface area (Å²) in [5, 5.41) is 11.6. The molecular weight excluding hydrogens is 315 g/mol. The van der Waals surface area contributed by atoms with Crippen LogP contribution in [0.3, 0.4) is 0 Å². The molecule has 1 aliphatic rings. The van der Waals surface area contributed by atoms with Crippen molar-refractivity contribution in [2.24, 2.45) is 11.8 Å². The topological polar surface area (TPSA) is 75.6 Å². The van der Waals surface area contributed by atoms with Gasteiger partial charge in [0.1, 0.15) is 5.75 Å². The van der Waals surface area contributed by atoms with Crippen LogP contribution in [0.1, 0.15) is 25.7 Å². The van der Waals surface area contributed by atoms with Crippen molar-refractivity contribution in [2.75, 3.05) is 5.32 Å². The number of nitrogens with one attached hydrogen (secondary N) is 1. The Morgan fingerprint density at radius 2 is 1.74 bits per heavy atom. The minimum Gasteiger partial charge on any atom is -0.481 e. The predicted octanol–water partition coefficient (Wildman–Crippen LogP) is 3.41. The first-order valence-electron chi connectivity index (χ1n) is 7.14. The number of aliphatic carboxylic acids is 1. The van der Waals surface area contributed by atoms with E-state index in [0.29, 0.717) is 24.9 Å². The van der Waals surface area contributed by atoms with Gasteiger partial charge in [-0.05, 0) is 43.5 Å². The number of carbonyl (C=O) groups excluding carboxylic acids is 1. The third-order valence-corrected chi connectivity index (χ3v) is 3.75. The van der Waals surface area contributed by atoms with E-state index in [9.17, 15) is 22.8 Å². The number of hydrogen-bond donors (Lipinski definition) is 2. The highest BCUT2D eigenvalue weighted by molar-refractivity contribution is 5.93. The van der Waals surface area contributed by atoms with E-state index in [-0.39, 0.29) is 18.1 Å². The Morgan fingerprint density at radius 3 is 2.30 bits per heavy atom. The molecule has 5 nitrogen and oxygen atoms in total. The number of anilines is 1. The SMILES string of the molecule is O=C(O)C1CCCC(C(=O)Nc2ccc(OC(F)(F)F)cc2)C1. The number of halogens is 3. The molecule has 0 spiro atoms. The van der Waals surface area contributed by atoms with Gasteiger partial charge >= 0.3 is 12.3 Å². The molecule has 0 bridgehead atoms. The smallest absolute Gasteiger partial charge is 0.481 e. The Hall–Kier alpha value is -2.25. The molecule has 2 N–H and O–H groups in total. The third-order valence-electron chi connectivity index (χ3n) is 3.75. The van der Waals surface area contributed by atoms with E-state index in [1.165, 1.54) is 12.1 Å². The molecular formula is C15H16F3NO4. The van der Waals surface area contributed by atoms with Crippen LogP contribution in [0.4, 0.5) is 18.9 Å². The lowest BCUT2D eigenvalue weighted by atomic mass is 9.81. The van der Waals surface area contributed by atoms with Crippen LogP contribution in [0, 0.1) is 11.8 Å². The standard InChI is InChI=1S/C15H16F3NO4/c16-15(17,18)23-12-6-4-11(5-7-12)19-13(20)9-2-1-3-10(8-9)14(21)22/h4-7,9-10H,1-3,8H2,(H,19,20)(H,21,22). The van der Waals surface area contributed by atoms with Crippen LogP contribution in [0.2, 0.25) is 0 Å². The summed E-state index contributed by atoms with van der Waals surface area (Å²) < 4.78 is 39.9. The van der Waals surface area contributed by atoms with Crippen LogP contribution in [-0.4, -0.2) is 23.3 Å². The van der Waals surface area contributed by atoms with Crippen LogP contribution < -0.4 is 10.1 Å². The summed E-state index contributed by atoms with van der Waals surface area (Å²) in [5.41, 5.74) is 0.335. The maximum absolute atomic E-state index is 12.1. The molecule has 8 heteroatoms. The lowest BCUT2D eigenvalue weighted by molar-refractivity contribution is -0.274. The summed E-state index contributed by atoms with van der Waals surface area (Å²) in [7, 11) is 0. The first-order chi connectivity index (χ1) is 10.7. The van der Waals surface area contributed by atoms with Gasteiger partial charge in [-0.3, -0.25) is 9.59 Å². The number of hydrogen-bond acceptors (Lipinski definition) is 3. The largest absolute Gasteiger partial charge is 0.573 e. The number of alkyl halides is 3. The van der Waals surface area contributed by atoms with Gasteiger partial charge < -0.3 is 15.2 Å². The van der Waals surface area contributed by atoms with Gasteiger partial charge in [-0.2, -0.15) is 0 Å². The molecule has 0 aliphatic heterocycles. The average molecular weight is 331 g/mol. The molecule has 0 saturated heterocycles. The van der Waals surface area contributed by atoms with Gasteiger partial charge in [0.05, 0.1) is 5.92 Å². The Balaban J connectivity index is 1.93. The molecule has 23 heavy (non-hydrogen) atoms. The summed E-state index contributed by atoms with van der Waals surface area (Å²) in [6.45, 7) is 0. The van der Waals surface area contributed by atoms with E-state index < -0.39 is 24.2 Å². The lowest BCUT2D eigenvalue weighted by Crippen LogP contribution is -2.30. The Labute approximate surface area is 130 Å². The van der Waals surface area contributed by atoms with Gasteiger partial charge in [-0.15, -0.1) is 13.2 Å². The van der Waals surface area contributed by atoms with Gasteiger partial charge in [0.25, 0.3) is 0 Å². The van der Waals surface area contributed by atoms with E-state index in [2.05, 4.69) is 10.1 Å². The summed E-state index contributed by atoms with van der Waals surface area (Å²) in [6.07, 6.45) is -2.67. The lowest BCUT2D eigenvalue weighted by Gasteiger charge is -2.25. The fraction of sp³-hybridized carbons (Fsp3) is 0.467. The molecule has 1 saturated carbocycles. The summed E-state index contributed by atoms with van der Waals surface area (Å²) >= 11 is 0. The van der Waals surface area contributed by atoms with E-state index in [1.807, 2.05) is 0 Å². The van der Waals surface area contributed by atoms with Gasteiger partial charge in [-0.1, -0.05) is 6.42 Å². The van der Waals surface area contributed by atoms with E-state index >= 15 is 0 Å². The fourth-order valence-corrected chi connectivity index (χ4v) is 2.64. The monoisotopic (exact) mass is 331 g/mol. The maximum atomic E-state index is 12.1. The molecule has 0 aromatic heterocycles. The number of ether oxygens (including phenoxy) is 1.